The van der Waals surface area contributed by atoms with Crippen LogP contribution in [0, 0.1) is 5.82 Å². The molecule has 0 bridgehead atoms. The van der Waals surface area contributed by atoms with Crippen LogP contribution in [0.2, 0.25) is 5.02 Å². The van der Waals surface area contributed by atoms with Gasteiger partial charge in [0.2, 0.25) is 0 Å². The topological polar surface area (TPSA) is 61.2 Å². The Kier molecular flexibility index (Phi) is 7.00. The minimum atomic E-state index is -4.74. The van der Waals surface area contributed by atoms with Crippen molar-refractivity contribution in [1.82, 2.24) is 9.78 Å². The van der Waals surface area contributed by atoms with Gasteiger partial charge in [-0.05, 0) is 78.4 Å². The Balaban J connectivity index is 1.63. The summed E-state index contributed by atoms with van der Waals surface area (Å²) in [5.41, 5.74) is -0.283. The highest BCUT2D eigenvalue weighted by Gasteiger charge is 2.36. The van der Waals surface area contributed by atoms with Gasteiger partial charge in [0.15, 0.2) is 21.3 Å². The lowest BCUT2D eigenvalue weighted by atomic mass is 10.2. The molecule has 0 unspecified atom stereocenters. The third-order valence-electron chi connectivity index (χ3n) is 5.60. The number of rotatable bonds is 6. The van der Waals surface area contributed by atoms with Crippen molar-refractivity contribution in [3.05, 3.63) is 101 Å². The Hall–Kier alpha value is -3.67. The van der Waals surface area contributed by atoms with Crippen molar-refractivity contribution in [3.63, 3.8) is 0 Å². The molecule has 0 aliphatic rings. The summed E-state index contributed by atoms with van der Waals surface area (Å²) in [6, 6.07) is 20.1. The van der Waals surface area contributed by atoms with E-state index >= 15 is 0 Å². The van der Waals surface area contributed by atoms with Gasteiger partial charge in [-0.1, -0.05) is 23.7 Å². The van der Waals surface area contributed by atoms with Crippen LogP contribution in [-0.2, 0) is 16.0 Å². The minimum absolute atomic E-state index is 0.115. The normalized spacial score (nSPS) is 12.1. The minimum Gasteiger partial charge on any atom is -0.455 e. The molecule has 12 heteroatoms. The summed E-state index contributed by atoms with van der Waals surface area (Å²) in [7, 11) is -3.45. The van der Waals surface area contributed by atoms with Gasteiger partial charge >= 0.3 is 6.18 Å². The Morgan fingerprint density at radius 2 is 1.64 bits per heavy atom. The number of hydrogen-bond acceptors (Lipinski definition) is 5. The standard InChI is InChI=1S/C27H17ClF4N2O3S2/c1-39(35,36)20-4-2-3-16(13-20)24-11-12-25(38-24)22-15-26(27(30,31)32)33-34(22)21-14-17(28)5-10-23(21)37-19-8-6-18(29)7-9-19/h2-15H,1H3. The predicted octanol–water partition coefficient (Wildman–Crippen LogP) is 8.27. The van der Waals surface area contributed by atoms with Crippen LogP contribution in [0.25, 0.3) is 26.7 Å². The van der Waals surface area contributed by atoms with Crippen molar-refractivity contribution < 1.29 is 30.7 Å². The molecule has 0 aliphatic heterocycles. The van der Waals surface area contributed by atoms with Crippen LogP contribution in [0.3, 0.4) is 0 Å². The van der Waals surface area contributed by atoms with Crippen molar-refractivity contribution in [3.8, 4) is 38.2 Å². The molecule has 0 saturated carbocycles. The van der Waals surface area contributed by atoms with E-state index in [2.05, 4.69) is 5.10 Å². The van der Waals surface area contributed by atoms with Crippen LogP contribution in [0.5, 0.6) is 11.5 Å². The van der Waals surface area contributed by atoms with Gasteiger partial charge in [-0.15, -0.1) is 11.3 Å². The fraction of sp³-hybridized carbons (Fsp3) is 0.0741. The molecule has 200 valence electrons. The third kappa shape index (κ3) is 5.85. The number of halogens is 5. The number of benzene rings is 3. The van der Waals surface area contributed by atoms with Crippen LogP contribution in [0.4, 0.5) is 17.6 Å². The van der Waals surface area contributed by atoms with E-state index in [4.69, 9.17) is 16.3 Å². The van der Waals surface area contributed by atoms with E-state index in [1.165, 1.54) is 65.9 Å². The van der Waals surface area contributed by atoms with Crippen molar-refractivity contribution >= 4 is 32.8 Å². The molecule has 39 heavy (non-hydrogen) atoms. The first kappa shape index (κ1) is 26.9. The number of aromatic nitrogens is 2. The molecule has 0 radical (unpaired) electrons. The summed E-state index contributed by atoms with van der Waals surface area (Å²) in [4.78, 5) is 1.21. The van der Waals surface area contributed by atoms with E-state index in [0.717, 1.165) is 17.0 Å². The molecule has 2 aromatic heterocycles. The first-order chi connectivity index (χ1) is 18.4. The summed E-state index contributed by atoms with van der Waals surface area (Å²) in [5.74, 6) is -0.0750. The first-order valence-corrected chi connectivity index (χ1v) is 14.3. The second-order valence-electron chi connectivity index (χ2n) is 8.46. The van der Waals surface area contributed by atoms with Crippen LogP contribution < -0.4 is 4.74 Å². The molecular weight excluding hydrogens is 576 g/mol. The molecule has 0 saturated heterocycles. The molecule has 2 heterocycles. The van der Waals surface area contributed by atoms with E-state index in [-0.39, 0.29) is 32.8 Å². The molecule has 0 amide bonds. The molecule has 0 N–H and O–H groups in total. The van der Waals surface area contributed by atoms with E-state index < -0.39 is 27.5 Å². The lowest BCUT2D eigenvalue weighted by Crippen LogP contribution is -2.08. The highest BCUT2D eigenvalue weighted by Crippen LogP contribution is 2.41. The molecule has 0 fully saturated rings. The van der Waals surface area contributed by atoms with Crippen LogP contribution >= 0.6 is 22.9 Å². The maximum atomic E-state index is 13.8. The molecule has 0 atom stereocenters. The van der Waals surface area contributed by atoms with Gasteiger partial charge in [0.25, 0.3) is 0 Å². The lowest BCUT2D eigenvalue weighted by Gasteiger charge is -2.14. The average Bonchev–Trinajstić information content (AvgIpc) is 3.54. The number of ether oxygens (including phenoxy) is 1. The maximum Gasteiger partial charge on any atom is 0.435 e. The van der Waals surface area contributed by atoms with Gasteiger partial charge in [0.05, 0.1) is 15.5 Å². The van der Waals surface area contributed by atoms with Crippen molar-refractivity contribution in [1.29, 1.82) is 0 Å². The Morgan fingerprint density at radius 1 is 0.923 bits per heavy atom. The number of nitrogens with zero attached hydrogens (tertiary/aromatic N) is 2. The quantitative estimate of drug-likeness (QED) is 0.186. The molecule has 0 spiro atoms. The SMILES string of the molecule is CS(=O)(=O)c1cccc(-c2ccc(-c3cc(C(F)(F)F)nn3-c3cc(Cl)ccc3Oc3ccc(F)cc3)s2)c1. The fourth-order valence-electron chi connectivity index (χ4n) is 3.76. The second-order valence-corrected chi connectivity index (χ2v) is 12.0. The van der Waals surface area contributed by atoms with Crippen molar-refractivity contribution in [2.75, 3.05) is 6.26 Å². The summed E-state index contributed by atoms with van der Waals surface area (Å²) in [6.45, 7) is 0. The van der Waals surface area contributed by atoms with Gasteiger partial charge in [-0.2, -0.15) is 18.3 Å². The van der Waals surface area contributed by atoms with E-state index in [9.17, 15) is 26.0 Å². The highest BCUT2D eigenvalue weighted by molar-refractivity contribution is 7.90. The maximum absolute atomic E-state index is 13.8. The summed E-state index contributed by atoms with van der Waals surface area (Å²) < 4.78 is 85.6. The summed E-state index contributed by atoms with van der Waals surface area (Å²) in [6.07, 6.45) is -3.64. The van der Waals surface area contributed by atoms with Gasteiger partial charge in [0, 0.05) is 16.2 Å². The molecule has 5 aromatic rings. The van der Waals surface area contributed by atoms with Crippen LogP contribution in [0.15, 0.2) is 89.8 Å². The molecular formula is C27H17ClF4N2O3S2. The molecule has 5 nitrogen and oxygen atoms in total. The summed E-state index contributed by atoms with van der Waals surface area (Å²) in [5, 5.41) is 4.07. The Morgan fingerprint density at radius 3 is 2.33 bits per heavy atom. The van der Waals surface area contributed by atoms with Crippen LogP contribution in [-0.4, -0.2) is 24.5 Å². The van der Waals surface area contributed by atoms with Gasteiger partial charge in [-0.25, -0.2) is 17.5 Å². The fourth-order valence-corrected chi connectivity index (χ4v) is 5.60. The zero-order valence-electron chi connectivity index (χ0n) is 19.9. The second kappa shape index (κ2) is 10.1. The van der Waals surface area contributed by atoms with E-state index in [1.807, 2.05) is 0 Å². The number of hydrogen-bond donors (Lipinski definition) is 0. The highest BCUT2D eigenvalue weighted by atomic mass is 35.5. The zero-order valence-corrected chi connectivity index (χ0v) is 22.3. The summed E-state index contributed by atoms with van der Waals surface area (Å²) >= 11 is 7.37. The smallest absolute Gasteiger partial charge is 0.435 e. The van der Waals surface area contributed by atoms with Gasteiger partial charge < -0.3 is 4.74 Å². The van der Waals surface area contributed by atoms with Crippen molar-refractivity contribution in [2.24, 2.45) is 0 Å². The van der Waals surface area contributed by atoms with Gasteiger partial charge in [-0.3, -0.25) is 0 Å². The number of thiophene rings is 1. The Labute approximate surface area is 229 Å². The molecule has 3 aromatic carbocycles. The number of sulfone groups is 1. The zero-order chi connectivity index (χ0) is 27.9. The average molecular weight is 593 g/mol. The largest absolute Gasteiger partial charge is 0.455 e. The van der Waals surface area contributed by atoms with Crippen LogP contribution in [0.1, 0.15) is 5.69 Å². The number of alkyl halides is 3. The van der Waals surface area contributed by atoms with Gasteiger partial charge in [0.1, 0.15) is 17.3 Å². The lowest BCUT2D eigenvalue weighted by molar-refractivity contribution is -0.141. The monoisotopic (exact) mass is 592 g/mol. The van der Waals surface area contributed by atoms with Crippen molar-refractivity contribution in [2.45, 2.75) is 11.1 Å². The molecule has 5 rings (SSSR count). The first-order valence-electron chi connectivity index (χ1n) is 11.2. The Bertz CT molecular complexity index is 1780. The third-order valence-corrected chi connectivity index (χ3v) is 8.10. The predicted molar refractivity (Wildman–Crippen MR) is 142 cm³/mol. The van der Waals surface area contributed by atoms with E-state index in [0.29, 0.717) is 15.3 Å². The molecule has 0 aliphatic carbocycles. The van der Waals surface area contributed by atoms with E-state index in [1.54, 1.807) is 24.3 Å².